The number of amides is 1. The smallest absolute Gasteiger partial charge is 0.262 e. The number of nitrogens with zero attached hydrogens (tertiary/aromatic N) is 2. The van der Waals surface area contributed by atoms with Crippen molar-refractivity contribution in [2.75, 3.05) is 11.9 Å². The number of carbonyl (C=O) groups excluding carboxylic acids is 1. The highest BCUT2D eigenvalue weighted by atomic mass is 16.5. The van der Waals surface area contributed by atoms with Crippen LogP contribution in [-0.4, -0.2) is 22.5 Å². The van der Waals surface area contributed by atoms with Crippen molar-refractivity contribution in [3.8, 4) is 5.75 Å². The third-order valence-corrected chi connectivity index (χ3v) is 1.95. The van der Waals surface area contributed by atoms with Crippen molar-refractivity contribution < 1.29 is 9.53 Å². The molecular weight excluding hydrogens is 218 g/mol. The van der Waals surface area contributed by atoms with Crippen LogP contribution in [0.5, 0.6) is 5.75 Å². The Balaban J connectivity index is 1.83. The highest BCUT2D eigenvalue weighted by Crippen LogP contribution is 2.06. The van der Waals surface area contributed by atoms with E-state index >= 15 is 0 Å². The lowest BCUT2D eigenvalue weighted by atomic mass is 10.4. The summed E-state index contributed by atoms with van der Waals surface area (Å²) < 4.78 is 5.25. The Kier molecular flexibility index (Phi) is 3.64. The van der Waals surface area contributed by atoms with Gasteiger partial charge in [0.25, 0.3) is 5.91 Å². The van der Waals surface area contributed by atoms with Crippen LogP contribution in [-0.2, 0) is 4.79 Å². The molecule has 0 aliphatic heterocycles. The molecule has 0 radical (unpaired) electrons. The molecule has 17 heavy (non-hydrogen) atoms. The molecule has 2 heterocycles. The van der Waals surface area contributed by atoms with Crippen molar-refractivity contribution in [1.29, 1.82) is 0 Å². The van der Waals surface area contributed by atoms with Crippen LogP contribution in [0.1, 0.15) is 0 Å². The summed E-state index contributed by atoms with van der Waals surface area (Å²) in [6.45, 7) is -0.0550. The van der Waals surface area contributed by atoms with E-state index in [1.807, 2.05) is 0 Å². The molecule has 5 heteroatoms. The minimum Gasteiger partial charge on any atom is -0.482 e. The molecule has 0 saturated heterocycles. The van der Waals surface area contributed by atoms with Crippen LogP contribution in [0.25, 0.3) is 0 Å². The Bertz CT molecular complexity index is 474. The first-order valence-electron chi connectivity index (χ1n) is 5.07. The third-order valence-electron chi connectivity index (χ3n) is 1.95. The van der Waals surface area contributed by atoms with Gasteiger partial charge in [0.1, 0.15) is 5.75 Å². The minimum absolute atomic E-state index is 0.0550. The van der Waals surface area contributed by atoms with Gasteiger partial charge in [0.05, 0.1) is 18.1 Å². The zero-order valence-electron chi connectivity index (χ0n) is 9.04. The van der Waals surface area contributed by atoms with Crippen LogP contribution in [0.4, 0.5) is 5.69 Å². The number of hydrogen-bond donors (Lipinski definition) is 1. The molecule has 5 nitrogen and oxygen atoms in total. The molecule has 0 spiro atoms. The number of nitrogens with one attached hydrogen (secondary N) is 1. The van der Waals surface area contributed by atoms with Crippen LogP contribution in [0, 0.1) is 0 Å². The molecule has 0 unspecified atom stereocenters. The number of ether oxygens (including phenoxy) is 1. The summed E-state index contributed by atoms with van der Waals surface area (Å²) in [6, 6.07) is 6.99. The van der Waals surface area contributed by atoms with Gasteiger partial charge in [-0.15, -0.1) is 0 Å². The second kappa shape index (κ2) is 5.60. The maximum absolute atomic E-state index is 11.5. The Morgan fingerprint density at radius 2 is 1.94 bits per heavy atom. The molecule has 0 aliphatic carbocycles. The Morgan fingerprint density at radius 3 is 2.59 bits per heavy atom. The number of hydrogen-bond acceptors (Lipinski definition) is 4. The van der Waals surface area contributed by atoms with Crippen LogP contribution in [0.3, 0.4) is 0 Å². The first-order chi connectivity index (χ1) is 8.34. The van der Waals surface area contributed by atoms with Crippen LogP contribution in [0.15, 0.2) is 49.1 Å². The molecule has 1 amide bonds. The summed E-state index contributed by atoms with van der Waals surface area (Å²) in [5.41, 5.74) is 0.646. The lowest BCUT2D eigenvalue weighted by Gasteiger charge is -2.06. The van der Waals surface area contributed by atoms with E-state index in [1.165, 1.54) is 0 Å². The molecule has 0 saturated carbocycles. The minimum atomic E-state index is -0.234. The van der Waals surface area contributed by atoms with Gasteiger partial charge < -0.3 is 10.1 Å². The standard InChI is InChI=1S/C12H11N3O2/c16-12(15-10-3-1-5-13-7-10)9-17-11-4-2-6-14-8-11/h1-8H,9H2,(H,15,16). The molecule has 0 aromatic carbocycles. The van der Waals surface area contributed by atoms with E-state index in [9.17, 15) is 4.79 Å². The topological polar surface area (TPSA) is 64.1 Å². The van der Waals surface area contributed by atoms with E-state index in [2.05, 4.69) is 15.3 Å². The largest absolute Gasteiger partial charge is 0.482 e. The number of pyridine rings is 2. The number of anilines is 1. The van der Waals surface area contributed by atoms with Crippen LogP contribution < -0.4 is 10.1 Å². The van der Waals surface area contributed by atoms with Crippen molar-refractivity contribution in [1.82, 2.24) is 9.97 Å². The van der Waals surface area contributed by atoms with Crippen molar-refractivity contribution in [2.45, 2.75) is 0 Å². The van der Waals surface area contributed by atoms with Gasteiger partial charge >= 0.3 is 0 Å². The van der Waals surface area contributed by atoms with E-state index in [0.717, 1.165) is 0 Å². The Morgan fingerprint density at radius 1 is 1.18 bits per heavy atom. The van der Waals surface area contributed by atoms with Crippen LogP contribution >= 0.6 is 0 Å². The second-order valence-corrected chi connectivity index (χ2v) is 3.27. The van der Waals surface area contributed by atoms with Gasteiger partial charge in [-0.1, -0.05) is 0 Å². The lowest BCUT2D eigenvalue weighted by Crippen LogP contribution is -2.20. The molecule has 2 aromatic rings. The highest BCUT2D eigenvalue weighted by Gasteiger charge is 2.03. The number of rotatable bonds is 4. The van der Waals surface area contributed by atoms with Gasteiger partial charge in [0.2, 0.25) is 0 Å². The average Bonchev–Trinajstić information content (AvgIpc) is 2.39. The van der Waals surface area contributed by atoms with Gasteiger partial charge in [0, 0.05) is 12.4 Å². The quantitative estimate of drug-likeness (QED) is 0.862. The highest BCUT2D eigenvalue weighted by molar-refractivity contribution is 5.91. The molecular formula is C12H11N3O2. The zero-order valence-corrected chi connectivity index (χ0v) is 9.04. The first kappa shape index (κ1) is 11.1. The number of aromatic nitrogens is 2. The monoisotopic (exact) mass is 229 g/mol. The SMILES string of the molecule is O=C(COc1cccnc1)Nc1cccnc1. The fourth-order valence-electron chi connectivity index (χ4n) is 1.22. The Labute approximate surface area is 98.5 Å². The van der Waals surface area contributed by atoms with E-state index in [4.69, 9.17) is 4.74 Å². The summed E-state index contributed by atoms with van der Waals surface area (Å²) in [6.07, 6.45) is 6.41. The predicted octanol–water partition coefficient (Wildman–Crippen LogP) is 1.49. The summed E-state index contributed by atoms with van der Waals surface area (Å²) >= 11 is 0. The Hall–Kier alpha value is -2.43. The molecule has 86 valence electrons. The molecule has 0 aliphatic rings. The lowest BCUT2D eigenvalue weighted by molar-refractivity contribution is -0.118. The predicted molar refractivity (Wildman–Crippen MR) is 62.6 cm³/mol. The normalized spacial score (nSPS) is 9.65. The number of carbonyl (C=O) groups is 1. The van der Waals surface area contributed by atoms with E-state index in [1.54, 1.807) is 49.1 Å². The molecule has 0 bridgehead atoms. The van der Waals surface area contributed by atoms with Crippen molar-refractivity contribution in [3.63, 3.8) is 0 Å². The fraction of sp³-hybridized carbons (Fsp3) is 0.0833. The molecule has 0 atom stereocenters. The molecule has 2 rings (SSSR count). The first-order valence-corrected chi connectivity index (χ1v) is 5.07. The summed E-state index contributed by atoms with van der Waals surface area (Å²) in [5, 5.41) is 2.67. The van der Waals surface area contributed by atoms with E-state index in [-0.39, 0.29) is 12.5 Å². The van der Waals surface area contributed by atoms with Gasteiger partial charge in [0.15, 0.2) is 6.61 Å². The molecule has 1 N–H and O–H groups in total. The molecule has 0 fully saturated rings. The van der Waals surface area contributed by atoms with Crippen LogP contribution in [0.2, 0.25) is 0 Å². The second-order valence-electron chi connectivity index (χ2n) is 3.27. The van der Waals surface area contributed by atoms with Gasteiger partial charge in [-0.05, 0) is 24.3 Å². The summed E-state index contributed by atoms with van der Waals surface area (Å²) in [4.78, 5) is 19.3. The van der Waals surface area contributed by atoms with E-state index in [0.29, 0.717) is 11.4 Å². The van der Waals surface area contributed by atoms with Crippen molar-refractivity contribution >= 4 is 11.6 Å². The van der Waals surface area contributed by atoms with Gasteiger partial charge in [-0.25, -0.2) is 0 Å². The van der Waals surface area contributed by atoms with E-state index < -0.39 is 0 Å². The van der Waals surface area contributed by atoms with Crippen molar-refractivity contribution in [3.05, 3.63) is 49.1 Å². The average molecular weight is 229 g/mol. The van der Waals surface area contributed by atoms with Gasteiger partial charge in [-0.3, -0.25) is 14.8 Å². The summed E-state index contributed by atoms with van der Waals surface area (Å²) in [7, 11) is 0. The molecule has 2 aromatic heterocycles. The third kappa shape index (κ3) is 3.57. The fourth-order valence-corrected chi connectivity index (χ4v) is 1.22. The zero-order chi connectivity index (χ0) is 11.9. The maximum atomic E-state index is 11.5. The summed E-state index contributed by atoms with van der Waals surface area (Å²) in [5.74, 6) is 0.329. The maximum Gasteiger partial charge on any atom is 0.262 e. The van der Waals surface area contributed by atoms with Crippen molar-refractivity contribution in [2.24, 2.45) is 0 Å². The van der Waals surface area contributed by atoms with Gasteiger partial charge in [-0.2, -0.15) is 0 Å².